The van der Waals surface area contributed by atoms with Crippen LogP contribution >= 0.6 is 0 Å². The van der Waals surface area contributed by atoms with E-state index < -0.39 is 0 Å². The fourth-order valence-electron chi connectivity index (χ4n) is 1.69. The maximum Gasteiger partial charge on any atom is 0.0716 e. The molecular weight excluding hydrogens is 250 g/mol. The molecule has 0 heterocycles. The van der Waals surface area contributed by atoms with Crippen molar-refractivity contribution < 1.29 is 9.47 Å². The van der Waals surface area contributed by atoms with Crippen molar-refractivity contribution in [2.75, 3.05) is 13.7 Å². The largest absolute Gasteiger partial charge is 0.379 e. The van der Waals surface area contributed by atoms with Gasteiger partial charge in [-0.1, -0.05) is 38.1 Å². The summed E-state index contributed by atoms with van der Waals surface area (Å²) in [6.45, 7) is 10.8. The summed E-state index contributed by atoms with van der Waals surface area (Å²) in [6, 6.07) is 9.11. The molecule has 1 aromatic carbocycles. The summed E-state index contributed by atoms with van der Waals surface area (Å²) in [7, 11) is 1.74. The van der Waals surface area contributed by atoms with Gasteiger partial charge in [-0.3, -0.25) is 0 Å². The first-order valence-corrected chi connectivity index (χ1v) is 7.37. The van der Waals surface area contributed by atoms with Crippen LogP contribution in [0.15, 0.2) is 24.3 Å². The fourth-order valence-corrected chi connectivity index (χ4v) is 1.69. The lowest BCUT2D eigenvalue weighted by molar-refractivity contribution is -0.0124. The lowest BCUT2D eigenvalue weighted by Crippen LogP contribution is -2.24. The number of rotatable bonds is 9. The number of hydrogen-bond acceptors (Lipinski definition) is 3. The Morgan fingerprint density at radius 3 is 2.25 bits per heavy atom. The van der Waals surface area contributed by atoms with E-state index >= 15 is 0 Å². The van der Waals surface area contributed by atoms with Gasteiger partial charge in [0.25, 0.3) is 0 Å². The van der Waals surface area contributed by atoms with Crippen molar-refractivity contribution in [2.45, 2.75) is 58.9 Å². The Hall–Kier alpha value is -0.900. The SMILES string of the molecule is COC(C)(C)CCOCc1ccc(CNC(C)C)cc1. The Bertz CT molecular complexity index is 371. The highest BCUT2D eigenvalue weighted by Gasteiger charge is 2.15. The molecule has 0 amide bonds. The van der Waals surface area contributed by atoms with E-state index in [4.69, 9.17) is 9.47 Å². The van der Waals surface area contributed by atoms with Gasteiger partial charge in [-0.05, 0) is 31.4 Å². The molecule has 0 saturated heterocycles. The van der Waals surface area contributed by atoms with Crippen LogP contribution in [0, 0.1) is 0 Å². The zero-order valence-corrected chi connectivity index (χ0v) is 13.5. The second kappa shape index (κ2) is 8.40. The van der Waals surface area contributed by atoms with Gasteiger partial charge in [0.05, 0.1) is 12.2 Å². The summed E-state index contributed by atoms with van der Waals surface area (Å²) >= 11 is 0. The van der Waals surface area contributed by atoms with Gasteiger partial charge < -0.3 is 14.8 Å². The second-order valence-electron chi connectivity index (χ2n) is 6.12. The van der Waals surface area contributed by atoms with Crippen molar-refractivity contribution in [3.63, 3.8) is 0 Å². The van der Waals surface area contributed by atoms with Gasteiger partial charge in [-0.15, -0.1) is 0 Å². The molecule has 0 atom stereocenters. The monoisotopic (exact) mass is 279 g/mol. The molecule has 114 valence electrons. The van der Waals surface area contributed by atoms with Gasteiger partial charge >= 0.3 is 0 Å². The molecule has 0 radical (unpaired) electrons. The van der Waals surface area contributed by atoms with E-state index in [2.05, 4.69) is 57.3 Å². The molecule has 3 nitrogen and oxygen atoms in total. The molecule has 1 rings (SSSR count). The Balaban J connectivity index is 2.28. The maximum atomic E-state index is 5.70. The van der Waals surface area contributed by atoms with E-state index in [0.29, 0.717) is 12.6 Å². The first-order chi connectivity index (χ1) is 9.43. The van der Waals surface area contributed by atoms with Gasteiger partial charge in [0, 0.05) is 26.3 Å². The topological polar surface area (TPSA) is 30.5 Å². The number of benzene rings is 1. The molecule has 0 aliphatic heterocycles. The highest BCUT2D eigenvalue weighted by atomic mass is 16.5. The smallest absolute Gasteiger partial charge is 0.0716 e. The summed E-state index contributed by atoms with van der Waals surface area (Å²) in [5.74, 6) is 0. The van der Waals surface area contributed by atoms with Crippen LogP contribution in [0.5, 0.6) is 0 Å². The van der Waals surface area contributed by atoms with Crippen molar-refractivity contribution in [1.29, 1.82) is 0 Å². The van der Waals surface area contributed by atoms with E-state index in [1.807, 2.05) is 0 Å². The van der Waals surface area contributed by atoms with Gasteiger partial charge in [-0.2, -0.15) is 0 Å². The molecule has 1 aromatic rings. The summed E-state index contributed by atoms with van der Waals surface area (Å²) in [4.78, 5) is 0. The number of methoxy groups -OCH3 is 1. The Kier molecular flexibility index (Phi) is 7.20. The third-order valence-corrected chi connectivity index (χ3v) is 3.41. The molecule has 0 aliphatic rings. The van der Waals surface area contributed by atoms with Crippen LogP contribution < -0.4 is 5.32 Å². The van der Waals surface area contributed by atoms with Gasteiger partial charge in [-0.25, -0.2) is 0 Å². The minimum absolute atomic E-state index is 0.105. The van der Waals surface area contributed by atoms with Gasteiger partial charge in [0.15, 0.2) is 0 Å². The normalized spacial score (nSPS) is 12.1. The lowest BCUT2D eigenvalue weighted by atomic mass is 10.1. The van der Waals surface area contributed by atoms with E-state index in [-0.39, 0.29) is 5.60 Å². The van der Waals surface area contributed by atoms with Crippen molar-refractivity contribution in [3.05, 3.63) is 35.4 Å². The predicted molar refractivity (Wildman–Crippen MR) is 83.8 cm³/mol. The Morgan fingerprint density at radius 2 is 1.70 bits per heavy atom. The summed E-state index contributed by atoms with van der Waals surface area (Å²) in [6.07, 6.45) is 0.903. The molecule has 1 N–H and O–H groups in total. The maximum absolute atomic E-state index is 5.70. The third kappa shape index (κ3) is 7.04. The van der Waals surface area contributed by atoms with Crippen LogP contribution in [0.3, 0.4) is 0 Å². The Labute approximate surface area is 123 Å². The fraction of sp³-hybridized carbons (Fsp3) is 0.647. The average Bonchev–Trinajstić information content (AvgIpc) is 2.42. The standard InChI is InChI=1S/C17H29NO2/c1-14(2)18-12-15-6-8-16(9-7-15)13-20-11-10-17(3,4)19-5/h6-9,14,18H,10-13H2,1-5H3. The van der Waals surface area contributed by atoms with E-state index in [9.17, 15) is 0 Å². The van der Waals surface area contributed by atoms with Crippen molar-refractivity contribution >= 4 is 0 Å². The highest BCUT2D eigenvalue weighted by Crippen LogP contribution is 2.13. The summed E-state index contributed by atoms with van der Waals surface area (Å²) < 4.78 is 11.1. The zero-order chi connectivity index (χ0) is 15.0. The minimum Gasteiger partial charge on any atom is -0.379 e. The van der Waals surface area contributed by atoms with Crippen LogP contribution in [0.25, 0.3) is 0 Å². The number of nitrogens with one attached hydrogen (secondary N) is 1. The number of hydrogen-bond donors (Lipinski definition) is 1. The van der Waals surface area contributed by atoms with Crippen LogP contribution in [0.4, 0.5) is 0 Å². The molecule has 3 heteroatoms. The van der Waals surface area contributed by atoms with E-state index in [0.717, 1.165) is 19.6 Å². The average molecular weight is 279 g/mol. The third-order valence-electron chi connectivity index (χ3n) is 3.41. The van der Waals surface area contributed by atoms with Crippen molar-refractivity contribution in [3.8, 4) is 0 Å². The second-order valence-corrected chi connectivity index (χ2v) is 6.12. The highest BCUT2D eigenvalue weighted by molar-refractivity contribution is 5.21. The van der Waals surface area contributed by atoms with Crippen LogP contribution in [-0.4, -0.2) is 25.4 Å². The lowest BCUT2D eigenvalue weighted by Gasteiger charge is -2.22. The first kappa shape index (κ1) is 17.2. The van der Waals surface area contributed by atoms with Crippen LogP contribution in [-0.2, 0) is 22.6 Å². The molecule has 0 bridgehead atoms. The summed E-state index contributed by atoms with van der Waals surface area (Å²) in [5.41, 5.74) is 2.42. The van der Waals surface area contributed by atoms with Gasteiger partial charge in [0.1, 0.15) is 0 Å². The number of ether oxygens (including phenoxy) is 2. The Morgan fingerprint density at radius 1 is 1.10 bits per heavy atom. The van der Waals surface area contributed by atoms with Crippen LogP contribution in [0.1, 0.15) is 45.2 Å². The van der Waals surface area contributed by atoms with Crippen LogP contribution in [0.2, 0.25) is 0 Å². The van der Waals surface area contributed by atoms with Crippen molar-refractivity contribution in [1.82, 2.24) is 5.32 Å². The van der Waals surface area contributed by atoms with E-state index in [1.165, 1.54) is 11.1 Å². The molecule has 0 aliphatic carbocycles. The molecule has 0 spiro atoms. The predicted octanol–water partition coefficient (Wildman–Crippen LogP) is 3.52. The summed E-state index contributed by atoms with van der Waals surface area (Å²) in [5, 5.41) is 3.41. The first-order valence-electron chi connectivity index (χ1n) is 7.37. The van der Waals surface area contributed by atoms with Crippen molar-refractivity contribution in [2.24, 2.45) is 0 Å². The molecule has 20 heavy (non-hydrogen) atoms. The van der Waals surface area contributed by atoms with Gasteiger partial charge in [0.2, 0.25) is 0 Å². The van der Waals surface area contributed by atoms with E-state index in [1.54, 1.807) is 7.11 Å². The molecule has 0 fully saturated rings. The molecule has 0 unspecified atom stereocenters. The minimum atomic E-state index is -0.105. The zero-order valence-electron chi connectivity index (χ0n) is 13.5. The molecular formula is C17H29NO2. The quantitative estimate of drug-likeness (QED) is 0.702. The molecule has 0 saturated carbocycles. The molecule has 0 aromatic heterocycles.